The molecule has 1 unspecified atom stereocenters. The Bertz CT molecular complexity index is 1570. The number of carbonyl (C=O) groups is 1. The minimum absolute atomic E-state index is 0.0652. The molecule has 2 aromatic carbocycles. The first kappa shape index (κ1) is 26.2. The monoisotopic (exact) mass is 548 g/mol. The van der Waals surface area contributed by atoms with Crippen LogP contribution in [0.15, 0.2) is 41.2 Å². The van der Waals surface area contributed by atoms with Gasteiger partial charge in [0.15, 0.2) is 5.82 Å². The summed E-state index contributed by atoms with van der Waals surface area (Å²) < 4.78 is 35.8. The molecule has 1 N–H and O–H groups in total. The largest absolute Gasteiger partial charge is 0.391 e. The van der Waals surface area contributed by atoms with Crippen molar-refractivity contribution >= 4 is 22.6 Å². The lowest BCUT2D eigenvalue weighted by atomic mass is 9.95. The summed E-state index contributed by atoms with van der Waals surface area (Å²) in [6, 6.07) is 7.25. The minimum Gasteiger partial charge on any atom is -0.391 e. The van der Waals surface area contributed by atoms with Crippen LogP contribution in [-0.4, -0.2) is 68.3 Å². The Kier molecular flexibility index (Phi) is 6.91. The molecule has 0 radical (unpaired) electrons. The number of aliphatic hydroxyl groups is 1. The molecule has 4 heterocycles. The van der Waals surface area contributed by atoms with E-state index in [1.807, 2.05) is 18.7 Å². The van der Waals surface area contributed by atoms with Gasteiger partial charge in [0.25, 0.3) is 5.91 Å². The molecule has 2 aliphatic rings. The van der Waals surface area contributed by atoms with Crippen molar-refractivity contribution in [2.75, 3.05) is 31.1 Å². The van der Waals surface area contributed by atoms with E-state index in [-0.39, 0.29) is 29.3 Å². The van der Waals surface area contributed by atoms with Crippen LogP contribution in [0.4, 0.5) is 14.6 Å². The molecule has 208 valence electrons. The number of fused-ring (bicyclic) bond motifs is 1. The fraction of sp³-hybridized carbons (Fsp3) is 0.414. The highest BCUT2D eigenvalue weighted by molar-refractivity contribution is 6.00. The summed E-state index contributed by atoms with van der Waals surface area (Å²) in [6.45, 7) is 5.84. The first-order valence-electron chi connectivity index (χ1n) is 13.6. The Hall–Kier alpha value is -3.99. The van der Waals surface area contributed by atoms with E-state index in [0.717, 1.165) is 12.8 Å². The molecule has 4 aromatic rings. The molecular formula is C29H30F2N6O3. The number of aromatic nitrogens is 4. The van der Waals surface area contributed by atoms with Crippen LogP contribution in [0.3, 0.4) is 0 Å². The van der Waals surface area contributed by atoms with E-state index in [1.54, 1.807) is 12.1 Å². The molecule has 2 aromatic heterocycles. The van der Waals surface area contributed by atoms with Gasteiger partial charge < -0.3 is 19.4 Å². The molecule has 11 heteroatoms. The number of nitrogens with zero attached hydrogens (tertiary/aromatic N) is 6. The number of benzene rings is 2. The van der Waals surface area contributed by atoms with Crippen molar-refractivity contribution in [1.29, 1.82) is 0 Å². The number of hydrogen-bond donors (Lipinski definition) is 1. The highest BCUT2D eigenvalue weighted by Gasteiger charge is 2.29. The van der Waals surface area contributed by atoms with Gasteiger partial charge in [0.05, 0.1) is 22.6 Å². The van der Waals surface area contributed by atoms with Crippen LogP contribution in [0, 0.1) is 11.6 Å². The van der Waals surface area contributed by atoms with E-state index < -0.39 is 23.6 Å². The van der Waals surface area contributed by atoms with Crippen LogP contribution in [0.2, 0.25) is 0 Å². The topological polar surface area (TPSA) is 108 Å². The average molecular weight is 549 g/mol. The maximum absolute atomic E-state index is 15.3. The van der Waals surface area contributed by atoms with Gasteiger partial charge in [-0.2, -0.15) is 4.98 Å². The molecule has 6 rings (SSSR count). The average Bonchev–Trinajstić information content (AvgIpc) is 3.63. The molecule has 0 bridgehead atoms. The molecule has 2 saturated heterocycles. The van der Waals surface area contributed by atoms with Gasteiger partial charge >= 0.3 is 0 Å². The molecule has 40 heavy (non-hydrogen) atoms. The van der Waals surface area contributed by atoms with Gasteiger partial charge in [-0.1, -0.05) is 25.1 Å². The van der Waals surface area contributed by atoms with Gasteiger partial charge in [0, 0.05) is 43.6 Å². The van der Waals surface area contributed by atoms with Gasteiger partial charge in [-0.25, -0.2) is 18.7 Å². The zero-order valence-electron chi connectivity index (χ0n) is 22.3. The first-order valence-corrected chi connectivity index (χ1v) is 13.6. The summed E-state index contributed by atoms with van der Waals surface area (Å²) in [7, 11) is 0. The maximum Gasteiger partial charge on any atom is 0.256 e. The van der Waals surface area contributed by atoms with Crippen molar-refractivity contribution in [3.63, 3.8) is 0 Å². The molecule has 1 atom stereocenters. The molecule has 9 nitrogen and oxygen atoms in total. The number of halogens is 2. The summed E-state index contributed by atoms with van der Waals surface area (Å²) in [6.07, 6.45) is 2.81. The van der Waals surface area contributed by atoms with E-state index in [2.05, 4.69) is 20.1 Å². The zero-order valence-corrected chi connectivity index (χ0v) is 22.3. The lowest BCUT2D eigenvalue weighted by Gasteiger charge is -2.32. The van der Waals surface area contributed by atoms with Crippen molar-refractivity contribution in [2.24, 2.45) is 0 Å². The van der Waals surface area contributed by atoms with Gasteiger partial charge in [0.1, 0.15) is 23.8 Å². The van der Waals surface area contributed by atoms with Gasteiger partial charge in [0.2, 0.25) is 5.89 Å². The highest BCUT2D eigenvalue weighted by Crippen LogP contribution is 2.36. The van der Waals surface area contributed by atoms with Crippen LogP contribution in [-0.2, 0) is 0 Å². The molecule has 0 aliphatic carbocycles. The van der Waals surface area contributed by atoms with Crippen molar-refractivity contribution in [1.82, 2.24) is 25.0 Å². The number of carbonyl (C=O) groups excluding carboxylic acids is 1. The lowest BCUT2D eigenvalue weighted by Crippen LogP contribution is -2.34. The lowest BCUT2D eigenvalue weighted by molar-refractivity contribution is 0.0760. The fourth-order valence-electron chi connectivity index (χ4n) is 5.54. The Morgan fingerprint density at radius 3 is 2.52 bits per heavy atom. The number of rotatable bonds is 5. The summed E-state index contributed by atoms with van der Waals surface area (Å²) in [5.74, 6) is 0.518. The third kappa shape index (κ3) is 4.78. The quantitative estimate of drug-likeness (QED) is 0.383. The standard InChI is InChI=1S/C29H30F2N6O3/c1-16(2)28-34-26(35-40-28)17-7-10-36(11-8-17)27-24-22(30)6-5-20(25(24)32-15-33-27)18-3-4-21(23(31)13-18)29(39)37-12-9-19(38)14-37/h3-6,13,15-17,19,38H,7-12,14H2,1-2H3. The summed E-state index contributed by atoms with van der Waals surface area (Å²) in [5.41, 5.74) is 1.32. The van der Waals surface area contributed by atoms with Crippen LogP contribution in [0.25, 0.3) is 22.0 Å². The van der Waals surface area contributed by atoms with Crippen molar-refractivity contribution in [3.8, 4) is 11.1 Å². The smallest absolute Gasteiger partial charge is 0.256 e. The number of piperidine rings is 1. The van der Waals surface area contributed by atoms with Gasteiger partial charge in [-0.15, -0.1) is 0 Å². The second-order valence-corrected chi connectivity index (χ2v) is 10.8. The van der Waals surface area contributed by atoms with Crippen LogP contribution < -0.4 is 4.90 Å². The summed E-state index contributed by atoms with van der Waals surface area (Å²) in [4.78, 5) is 29.6. The highest BCUT2D eigenvalue weighted by atomic mass is 19.1. The van der Waals surface area contributed by atoms with Gasteiger partial charge in [-0.3, -0.25) is 4.79 Å². The zero-order chi connectivity index (χ0) is 28.0. The molecule has 1 amide bonds. The normalized spacial score (nSPS) is 18.3. The fourth-order valence-corrected chi connectivity index (χ4v) is 5.54. The van der Waals surface area contributed by atoms with E-state index >= 15 is 8.78 Å². The Labute approximate surface area is 229 Å². The van der Waals surface area contributed by atoms with E-state index in [9.17, 15) is 9.90 Å². The van der Waals surface area contributed by atoms with Crippen LogP contribution >= 0.6 is 0 Å². The first-order chi connectivity index (χ1) is 19.3. The summed E-state index contributed by atoms with van der Waals surface area (Å²) in [5, 5.41) is 14.2. The Morgan fingerprint density at radius 2 is 1.85 bits per heavy atom. The van der Waals surface area contributed by atoms with Gasteiger partial charge in [-0.05, 0) is 49.1 Å². The second kappa shape index (κ2) is 10.5. The second-order valence-electron chi connectivity index (χ2n) is 10.8. The van der Waals surface area contributed by atoms with E-state index in [0.29, 0.717) is 60.2 Å². The number of aliphatic hydroxyl groups excluding tert-OH is 1. The SMILES string of the molecule is CC(C)c1nc(C2CCN(c3ncnc4c(-c5ccc(C(=O)N6CCC(O)C6)c(F)c5)ccc(F)c34)CC2)no1. The van der Waals surface area contributed by atoms with Crippen LogP contribution in [0.1, 0.15) is 67.0 Å². The third-order valence-corrected chi connectivity index (χ3v) is 7.79. The molecule has 0 saturated carbocycles. The third-order valence-electron chi connectivity index (χ3n) is 7.79. The number of anilines is 1. The Morgan fingerprint density at radius 1 is 1.05 bits per heavy atom. The summed E-state index contributed by atoms with van der Waals surface area (Å²) >= 11 is 0. The number of likely N-dealkylation sites (tertiary alicyclic amines) is 1. The van der Waals surface area contributed by atoms with Crippen molar-refractivity contribution < 1.29 is 23.2 Å². The number of amides is 1. The Balaban J connectivity index is 1.27. The van der Waals surface area contributed by atoms with E-state index in [4.69, 9.17) is 4.52 Å². The predicted molar refractivity (Wildman–Crippen MR) is 144 cm³/mol. The van der Waals surface area contributed by atoms with Crippen LogP contribution in [0.5, 0.6) is 0 Å². The van der Waals surface area contributed by atoms with E-state index in [1.165, 1.54) is 29.4 Å². The molecule has 0 spiro atoms. The van der Waals surface area contributed by atoms with Crippen molar-refractivity contribution in [2.45, 2.75) is 51.0 Å². The minimum atomic E-state index is -0.681. The van der Waals surface area contributed by atoms with Crippen molar-refractivity contribution in [3.05, 3.63) is 65.6 Å². The predicted octanol–water partition coefficient (Wildman–Crippen LogP) is 4.67. The number of β-amino-alcohol motifs (C(OH)–C–C–N with tert-alkyl or cyclic N) is 1. The molecule has 2 aliphatic heterocycles. The molecular weight excluding hydrogens is 518 g/mol. The maximum atomic E-state index is 15.3. The molecule has 2 fully saturated rings. The number of hydrogen-bond acceptors (Lipinski definition) is 8.